The first-order valence-electron chi connectivity index (χ1n) is 10.2. The molecule has 36 heavy (non-hydrogen) atoms. The van der Waals surface area contributed by atoms with Crippen LogP contribution < -0.4 is 13.5 Å². The van der Waals surface area contributed by atoms with Gasteiger partial charge in [0.2, 0.25) is 5.91 Å². The number of carbonyl (C=O) groups is 3. The van der Waals surface area contributed by atoms with Gasteiger partial charge in [0.15, 0.2) is 5.92 Å². The first-order chi connectivity index (χ1) is 16.7. The molecule has 15 heteroatoms. The number of halogens is 4. The summed E-state index contributed by atoms with van der Waals surface area (Å²) in [4.78, 5) is 39.3. The fourth-order valence-corrected chi connectivity index (χ4v) is 5.60. The molecule has 1 unspecified atom stereocenters. The second-order valence-corrected chi connectivity index (χ2v) is 10.5. The Kier molecular flexibility index (Phi) is 6.07. The highest BCUT2D eigenvalue weighted by molar-refractivity contribution is 7.94. The SMILES string of the molecule is CN1c2ccc(N3CC(C(=O)O)C(=O)N(Cc4cccc(Cl)c4C(F)(F)F)C3=O)cc2N(C)S1(=O)=O. The lowest BCUT2D eigenvalue weighted by Gasteiger charge is -2.37. The number of alkyl halides is 3. The molecular formula is C21H18ClF3N4O6S. The lowest BCUT2D eigenvalue weighted by Crippen LogP contribution is -2.58. The molecule has 1 N–H and O–H groups in total. The maximum absolute atomic E-state index is 13.6. The number of urea groups is 1. The number of benzene rings is 2. The van der Waals surface area contributed by atoms with Crippen molar-refractivity contribution in [2.24, 2.45) is 5.92 Å². The van der Waals surface area contributed by atoms with Gasteiger partial charge >= 0.3 is 28.4 Å². The second-order valence-electron chi connectivity index (χ2n) is 8.10. The summed E-state index contributed by atoms with van der Waals surface area (Å²) in [5.41, 5.74) is -1.20. The fraction of sp³-hybridized carbons (Fsp3) is 0.286. The molecule has 2 aromatic rings. The predicted molar refractivity (Wildman–Crippen MR) is 123 cm³/mol. The third-order valence-electron chi connectivity index (χ3n) is 6.04. The van der Waals surface area contributed by atoms with Crippen LogP contribution in [0.1, 0.15) is 11.1 Å². The number of hydrogen-bond acceptors (Lipinski definition) is 5. The van der Waals surface area contributed by atoms with E-state index in [0.717, 1.165) is 25.6 Å². The third kappa shape index (κ3) is 3.99. The number of carbonyl (C=O) groups excluding carboxylic acids is 2. The van der Waals surface area contributed by atoms with E-state index in [9.17, 15) is 41.1 Å². The van der Waals surface area contributed by atoms with Crippen molar-refractivity contribution >= 4 is 56.8 Å². The van der Waals surface area contributed by atoms with E-state index in [4.69, 9.17) is 11.6 Å². The van der Waals surface area contributed by atoms with Crippen molar-refractivity contribution in [2.45, 2.75) is 12.7 Å². The fourth-order valence-electron chi connectivity index (χ4n) is 4.13. The lowest BCUT2D eigenvalue weighted by molar-refractivity contribution is -0.151. The second kappa shape index (κ2) is 8.55. The average Bonchev–Trinajstić information content (AvgIpc) is 2.95. The summed E-state index contributed by atoms with van der Waals surface area (Å²) < 4.78 is 67.7. The first-order valence-corrected chi connectivity index (χ1v) is 12.0. The first kappa shape index (κ1) is 25.6. The van der Waals surface area contributed by atoms with E-state index in [1.54, 1.807) is 0 Å². The van der Waals surface area contributed by atoms with Crippen molar-refractivity contribution in [1.82, 2.24) is 4.90 Å². The largest absolute Gasteiger partial charge is 0.481 e. The van der Waals surface area contributed by atoms with Gasteiger partial charge in [-0.15, -0.1) is 0 Å². The molecule has 2 aromatic carbocycles. The molecule has 10 nitrogen and oxygen atoms in total. The Balaban J connectivity index is 1.77. The van der Waals surface area contributed by atoms with E-state index in [1.807, 2.05) is 0 Å². The van der Waals surface area contributed by atoms with Crippen molar-refractivity contribution in [1.29, 1.82) is 0 Å². The van der Waals surface area contributed by atoms with Gasteiger partial charge in [-0.05, 0) is 29.8 Å². The smallest absolute Gasteiger partial charge is 0.418 e. The van der Waals surface area contributed by atoms with Crippen molar-refractivity contribution in [2.75, 3.05) is 34.2 Å². The van der Waals surface area contributed by atoms with Crippen molar-refractivity contribution in [3.8, 4) is 0 Å². The number of hydrogen-bond donors (Lipinski definition) is 1. The van der Waals surface area contributed by atoms with Crippen LogP contribution in [0.3, 0.4) is 0 Å². The van der Waals surface area contributed by atoms with Gasteiger partial charge in [0.05, 0.1) is 28.5 Å². The van der Waals surface area contributed by atoms with Crippen LogP contribution in [0.5, 0.6) is 0 Å². The standard InChI is InChI=1S/C21H18ClF3N4O6S/c1-26-15-7-6-12(8-16(15)27(2)36(26,34)35)28-10-13(19(31)32)18(30)29(20(28)33)9-11-4-3-5-14(22)17(11)21(23,24)25/h3-8,13H,9-10H2,1-2H3,(H,31,32). The molecule has 0 aromatic heterocycles. The Bertz CT molecular complexity index is 1400. The highest BCUT2D eigenvalue weighted by Crippen LogP contribution is 2.42. The van der Waals surface area contributed by atoms with E-state index in [0.29, 0.717) is 10.6 Å². The quantitative estimate of drug-likeness (QED) is 0.589. The van der Waals surface area contributed by atoms with Crippen molar-refractivity contribution in [3.05, 3.63) is 52.5 Å². The number of rotatable bonds is 4. The van der Waals surface area contributed by atoms with Crippen LogP contribution in [-0.2, 0) is 32.5 Å². The van der Waals surface area contributed by atoms with Crippen LogP contribution in [0, 0.1) is 5.92 Å². The Morgan fingerprint density at radius 1 is 1.11 bits per heavy atom. The summed E-state index contributed by atoms with van der Waals surface area (Å²) >= 11 is 5.74. The molecule has 4 rings (SSSR count). The molecule has 192 valence electrons. The van der Waals surface area contributed by atoms with E-state index < -0.39 is 69.5 Å². The number of amides is 3. The predicted octanol–water partition coefficient (Wildman–Crippen LogP) is 3.16. The maximum atomic E-state index is 13.6. The minimum Gasteiger partial charge on any atom is -0.481 e. The third-order valence-corrected chi connectivity index (χ3v) is 8.14. The maximum Gasteiger partial charge on any atom is 0.418 e. The van der Waals surface area contributed by atoms with Crippen molar-refractivity contribution < 1.29 is 41.1 Å². The zero-order valence-corrected chi connectivity index (χ0v) is 20.2. The highest BCUT2D eigenvalue weighted by Gasteiger charge is 2.45. The molecule has 0 spiro atoms. The zero-order valence-electron chi connectivity index (χ0n) is 18.7. The monoisotopic (exact) mass is 546 g/mol. The summed E-state index contributed by atoms with van der Waals surface area (Å²) in [6.07, 6.45) is -4.90. The van der Waals surface area contributed by atoms with Gasteiger partial charge in [-0.1, -0.05) is 23.7 Å². The number of carboxylic acids is 1. The van der Waals surface area contributed by atoms with Crippen molar-refractivity contribution in [3.63, 3.8) is 0 Å². The van der Waals surface area contributed by atoms with Gasteiger partial charge in [-0.25, -0.2) is 4.79 Å². The van der Waals surface area contributed by atoms with Crippen LogP contribution in [0.2, 0.25) is 5.02 Å². The zero-order chi connectivity index (χ0) is 26.7. The summed E-state index contributed by atoms with van der Waals surface area (Å²) in [5, 5.41) is 8.95. The molecule has 1 fully saturated rings. The number of carboxylic acid groups (broad SMARTS) is 1. The lowest BCUT2D eigenvalue weighted by atomic mass is 10.0. The molecule has 0 aliphatic carbocycles. The van der Waals surface area contributed by atoms with Gasteiger partial charge in [0.25, 0.3) is 0 Å². The van der Waals surface area contributed by atoms with Gasteiger partial charge in [0, 0.05) is 26.3 Å². The summed E-state index contributed by atoms with van der Waals surface area (Å²) in [7, 11) is -1.23. The molecule has 0 radical (unpaired) electrons. The molecule has 1 atom stereocenters. The average molecular weight is 547 g/mol. The molecule has 1 saturated heterocycles. The number of aliphatic carboxylic acids is 1. The number of anilines is 3. The van der Waals surface area contributed by atoms with Crippen LogP contribution >= 0.6 is 11.6 Å². The molecule has 0 saturated carbocycles. The Morgan fingerprint density at radius 3 is 2.36 bits per heavy atom. The summed E-state index contributed by atoms with van der Waals surface area (Å²) in [6, 6.07) is 6.26. The van der Waals surface area contributed by atoms with Crippen LogP contribution in [0.4, 0.5) is 35.0 Å². The molecule has 2 heterocycles. The topological polar surface area (TPSA) is 119 Å². The Hall–Kier alpha value is -3.52. The van der Waals surface area contributed by atoms with E-state index >= 15 is 0 Å². The minimum absolute atomic E-state index is 0.0574. The number of imide groups is 1. The molecule has 0 bridgehead atoms. The molecule has 2 aliphatic rings. The van der Waals surface area contributed by atoms with Gasteiger partial charge in [0.1, 0.15) is 0 Å². The normalized spacial score (nSPS) is 19.7. The summed E-state index contributed by atoms with van der Waals surface area (Å²) in [5.74, 6) is -4.53. The van der Waals surface area contributed by atoms with Crippen LogP contribution in [-0.4, -0.2) is 57.0 Å². The van der Waals surface area contributed by atoms with Crippen LogP contribution in [0.25, 0.3) is 0 Å². The molecule has 3 amide bonds. The van der Waals surface area contributed by atoms with Gasteiger partial charge in [-0.2, -0.15) is 21.6 Å². The van der Waals surface area contributed by atoms with E-state index in [2.05, 4.69) is 0 Å². The molecular weight excluding hydrogens is 529 g/mol. The summed E-state index contributed by atoms with van der Waals surface area (Å²) in [6.45, 7) is -1.48. The number of fused-ring (bicyclic) bond motifs is 1. The Labute approximate surface area is 208 Å². The van der Waals surface area contributed by atoms with Crippen LogP contribution in [0.15, 0.2) is 36.4 Å². The number of nitrogens with zero attached hydrogens (tertiary/aromatic N) is 4. The van der Waals surface area contributed by atoms with E-state index in [1.165, 1.54) is 38.4 Å². The van der Waals surface area contributed by atoms with Gasteiger partial charge < -0.3 is 5.11 Å². The van der Waals surface area contributed by atoms with Gasteiger partial charge in [-0.3, -0.25) is 28.0 Å². The molecule has 2 aliphatic heterocycles. The highest BCUT2D eigenvalue weighted by atomic mass is 35.5. The Morgan fingerprint density at radius 2 is 1.75 bits per heavy atom. The minimum atomic E-state index is -4.90. The van der Waals surface area contributed by atoms with E-state index in [-0.39, 0.29) is 11.4 Å².